The first-order chi connectivity index (χ1) is 11.4. The van der Waals surface area contributed by atoms with Crippen molar-refractivity contribution < 1.29 is 22.7 Å². The summed E-state index contributed by atoms with van der Waals surface area (Å²) in [5.41, 5.74) is 0. The highest BCUT2D eigenvalue weighted by atomic mass is 35.5. The second-order valence-electron chi connectivity index (χ2n) is 5.25. The van der Waals surface area contributed by atoms with E-state index in [1.807, 2.05) is 6.92 Å². The molecule has 0 aliphatic carbocycles. The summed E-state index contributed by atoms with van der Waals surface area (Å²) in [7, 11) is -3.77. The van der Waals surface area contributed by atoms with Crippen LogP contribution in [0.4, 0.5) is 0 Å². The first-order valence-corrected chi connectivity index (χ1v) is 9.54. The van der Waals surface area contributed by atoms with E-state index in [4.69, 9.17) is 21.1 Å². The topological polar surface area (TPSA) is 84.9 Å². The van der Waals surface area contributed by atoms with Crippen LogP contribution in [0.2, 0.25) is 5.02 Å². The normalized spacial score (nSPS) is 15.9. The number of hydrogen-bond donors (Lipinski definition) is 1. The van der Waals surface area contributed by atoms with Gasteiger partial charge < -0.3 is 14.8 Å². The summed E-state index contributed by atoms with van der Waals surface area (Å²) in [6, 6.07) is 4.33. The fourth-order valence-corrected chi connectivity index (χ4v) is 3.99. The molecule has 0 spiro atoms. The van der Waals surface area contributed by atoms with Gasteiger partial charge in [-0.05, 0) is 24.6 Å². The van der Waals surface area contributed by atoms with Crippen LogP contribution >= 0.6 is 11.6 Å². The van der Waals surface area contributed by atoms with Gasteiger partial charge in [-0.15, -0.1) is 0 Å². The highest BCUT2D eigenvalue weighted by molar-refractivity contribution is 7.89. The van der Waals surface area contributed by atoms with Crippen LogP contribution in [-0.4, -0.2) is 58.1 Å². The molecular formula is C15H21ClN2O5S. The van der Waals surface area contributed by atoms with Gasteiger partial charge in [0.15, 0.2) is 6.61 Å². The van der Waals surface area contributed by atoms with Gasteiger partial charge in [0.05, 0.1) is 13.2 Å². The largest absolute Gasteiger partial charge is 0.482 e. The Morgan fingerprint density at radius 3 is 2.75 bits per heavy atom. The molecule has 0 unspecified atom stereocenters. The van der Waals surface area contributed by atoms with E-state index in [9.17, 15) is 13.2 Å². The number of ether oxygens (including phenoxy) is 2. The van der Waals surface area contributed by atoms with Crippen molar-refractivity contribution in [1.82, 2.24) is 9.62 Å². The fourth-order valence-electron chi connectivity index (χ4n) is 2.19. The molecule has 9 heteroatoms. The van der Waals surface area contributed by atoms with E-state index in [2.05, 4.69) is 5.32 Å². The lowest BCUT2D eigenvalue weighted by atomic mass is 10.3. The molecule has 0 radical (unpaired) electrons. The van der Waals surface area contributed by atoms with Gasteiger partial charge in [0.2, 0.25) is 10.0 Å². The Morgan fingerprint density at radius 2 is 2.08 bits per heavy atom. The molecule has 1 aliphatic rings. The average molecular weight is 377 g/mol. The van der Waals surface area contributed by atoms with Gasteiger partial charge in [-0.1, -0.05) is 18.5 Å². The molecule has 1 aromatic rings. The fraction of sp³-hybridized carbons (Fsp3) is 0.533. The third-order valence-corrected chi connectivity index (χ3v) is 5.58. The van der Waals surface area contributed by atoms with Crippen molar-refractivity contribution in [3.8, 4) is 5.75 Å². The maximum atomic E-state index is 12.8. The second-order valence-corrected chi connectivity index (χ2v) is 7.59. The zero-order valence-corrected chi connectivity index (χ0v) is 15.0. The summed E-state index contributed by atoms with van der Waals surface area (Å²) in [4.78, 5) is 11.6. The van der Waals surface area contributed by atoms with Crippen LogP contribution in [0.3, 0.4) is 0 Å². The van der Waals surface area contributed by atoms with E-state index in [0.29, 0.717) is 19.8 Å². The Bertz CT molecular complexity index is 674. The molecule has 24 heavy (non-hydrogen) atoms. The van der Waals surface area contributed by atoms with Crippen LogP contribution in [0.1, 0.15) is 13.3 Å². The van der Waals surface area contributed by atoms with Gasteiger partial charge in [0, 0.05) is 24.7 Å². The van der Waals surface area contributed by atoms with Gasteiger partial charge >= 0.3 is 0 Å². The van der Waals surface area contributed by atoms with Gasteiger partial charge in [-0.3, -0.25) is 4.79 Å². The van der Waals surface area contributed by atoms with E-state index in [-0.39, 0.29) is 41.3 Å². The van der Waals surface area contributed by atoms with Crippen LogP contribution in [0.5, 0.6) is 5.75 Å². The lowest BCUT2D eigenvalue weighted by molar-refractivity contribution is -0.123. The molecule has 0 aromatic heterocycles. The van der Waals surface area contributed by atoms with Gasteiger partial charge in [0.1, 0.15) is 10.6 Å². The monoisotopic (exact) mass is 376 g/mol. The number of hydrogen-bond acceptors (Lipinski definition) is 5. The minimum atomic E-state index is -3.77. The van der Waals surface area contributed by atoms with Crippen LogP contribution < -0.4 is 10.1 Å². The molecule has 0 bridgehead atoms. The third kappa shape index (κ3) is 4.83. The Kier molecular flexibility index (Phi) is 6.85. The maximum absolute atomic E-state index is 12.8. The molecule has 134 valence electrons. The number of nitrogens with zero attached hydrogens (tertiary/aromatic N) is 1. The summed E-state index contributed by atoms with van der Waals surface area (Å²) >= 11 is 5.95. The Balaban J connectivity index is 2.19. The van der Waals surface area contributed by atoms with E-state index < -0.39 is 10.0 Å². The lowest BCUT2D eigenvalue weighted by Gasteiger charge is -2.26. The smallest absolute Gasteiger partial charge is 0.257 e. The summed E-state index contributed by atoms with van der Waals surface area (Å²) in [5.74, 6) is -0.195. The number of carbonyl (C=O) groups excluding carboxylic acids is 1. The molecule has 1 aromatic carbocycles. The van der Waals surface area contributed by atoms with Crippen molar-refractivity contribution in [2.24, 2.45) is 0 Å². The lowest BCUT2D eigenvalue weighted by Crippen LogP contribution is -2.40. The van der Waals surface area contributed by atoms with Crippen LogP contribution in [0.15, 0.2) is 23.1 Å². The number of halogens is 1. The molecule has 0 saturated carbocycles. The summed E-state index contributed by atoms with van der Waals surface area (Å²) in [6.45, 7) is 3.45. The number of morpholine rings is 1. The molecule has 7 nitrogen and oxygen atoms in total. The molecular weight excluding hydrogens is 356 g/mol. The van der Waals surface area contributed by atoms with E-state index >= 15 is 0 Å². The van der Waals surface area contributed by atoms with Crippen LogP contribution in [-0.2, 0) is 19.6 Å². The van der Waals surface area contributed by atoms with Crippen LogP contribution in [0, 0.1) is 0 Å². The van der Waals surface area contributed by atoms with Crippen molar-refractivity contribution in [2.75, 3.05) is 39.5 Å². The van der Waals surface area contributed by atoms with E-state index in [0.717, 1.165) is 6.42 Å². The number of sulfonamides is 1. The van der Waals surface area contributed by atoms with Crippen molar-refractivity contribution in [3.05, 3.63) is 23.2 Å². The first kappa shape index (κ1) is 19.0. The minimum Gasteiger partial charge on any atom is -0.482 e. The number of amides is 1. The molecule has 1 aliphatic heterocycles. The van der Waals surface area contributed by atoms with Crippen molar-refractivity contribution in [3.63, 3.8) is 0 Å². The molecule has 2 rings (SSSR count). The molecule has 1 fully saturated rings. The Morgan fingerprint density at radius 1 is 1.38 bits per heavy atom. The second kappa shape index (κ2) is 8.66. The molecule has 0 atom stereocenters. The van der Waals surface area contributed by atoms with Crippen molar-refractivity contribution in [1.29, 1.82) is 0 Å². The molecule has 1 N–H and O–H groups in total. The summed E-state index contributed by atoms with van der Waals surface area (Å²) in [6.07, 6.45) is 0.809. The molecule has 1 amide bonds. The van der Waals surface area contributed by atoms with Gasteiger partial charge in [-0.2, -0.15) is 4.31 Å². The molecule has 1 saturated heterocycles. The number of benzene rings is 1. The van der Waals surface area contributed by atoms with Crippen LogP contribution in [0.25, 0.3) is 0 Å². The third-order valence-electron chi connectivity index (χ3n) is 3.42. The average Bonchev–Trinajstić information content (AvgIpc) is 2.59. The van der Waals surface area contributed by atoms with Crippen molar-refractivity contribution >= 4 is 27.5 Å². The molecule has 1 heterocycles. The highest BCUT2D eigenvalue weighted by Gasteiger charge is 2.29. The highest BCUT2D eigenvalue weighted by Crippen LogP contribution is 2.30. The SMILES string of the molecule is CCCNC(=O)COc1ccc(Cl)cc1S(=O)(=O)N1CCOCC1. The Hall–Kier alpha value is -1.35. The van der Waals surface area contributed by atoms with Crippen molar-refractivity contribution in [2.45, 2.75) is 18.2 Å². The van der Waals surface area contributed by atoms with E-state index in [1.54, 1.807) is 0 Å². The maximum Gasteiger partial charge on any atom is 0.257 e. The van der Waals surface area contributed by atoms with Gasteiger partial charge in [-0.25, -0.2) is 8.42 Å². The Labute approximate surface area is 146 Å². The van der Waals surface area contributed by atoms with Gasteiger partial charge in [0.25, 0.3) is 5.91 Å². The first-order valence-electron chi connectivity index (χ1n) is 7.72. The predicted octanol–water partition coefficient (Wildman–Crippen LogP) is 1.27. The minimum absolute atomic E-state index is 0.0415. The summed E-state index contributed by atoms with van der Waals surface area (Å²) in [5, 5.41) is 2.95. The quantitative estimate of drug-likeness (QED) is 0.774. The number of rotatable bonds is 7. The zero-order chi connectivity index (χ0) is 17.6. The number of nitrogens with one attached hydrogen (secondary N) is 1. The van der Waals surface area contributed by atoms with E-state index in [1.165, 1.54) is 22.5 Å². The summed E-state index contributed by atoms with van der Waals surface area (Å²) < 4.78 is 37.5. The zero-order valence-electron chi connectivity index (χ0n) is 13.5. The predicted molar refractivity (Wildman–Crippen MR) is 89.8 cm³/mol. The standard InChI is InChI=1S/C15H21ClN2O5S/c1-2-5-17-15(19)11-23-13-4-3-12(16)10-14(13)24(20,21)18-6-8-22-9-7-18/h3-4,10H,2,5-9,11H2,1H3,(H,17,19). The number of carbonyl (C=O) groups is 1.